The van der Waals surface area contributed by atoms with E-state index in [0.29, 0.717) is 10.9 Å². The van der Waals surface area contributed by atoms with Crippen LogP contribution in [0.25, 0.3) is 10.8 Å². The summed E-state index contributed by atoms with van der Waals surface area (Å²) < 4.78 is 31.6. The van der Waals surface area contributed by atoms with Crippen LogP contribution in [-0.2, 0) is 10.1 Å². The second kappa shape index (κ2) is 5.26. The monoisotopic (exact) mass is 262 g/mol. The van der Waals surface area contributed by atoms with Crippen LogP contribution in [0.1, 0.15) is 5.56 Å². The SMILES string of the molecule is Cc1ccc2ccccc2c1S(=O)(=O)O.[KH]. The second-order valence-corrected chi connectivity index (χ2v) is 4.77. The molecule has 0 aliphatic heterocycles. The molecule has 3 nitrogen and oxygen atoms in total. The van der Waals surface area contributed by atoms with Crippen molar-refractivity contribution in [2.75, 3.05) is 0 Å². The molecule has 16 heavy (non-hydrogen) atoms. The van der Waals surface area contributed by atoms with Gasteiger partial charge in [-0.05, 0) is 17.9 Å². The van der Waals surface area contributed by atoms with Gasteiger partial charge in [-0.15, -0.1) is 0 Å². The minimum absolute atomic E-state index is 0. The van der Waals surface area contributed by atoms with Crippen LogP contribution in [0, 0.1) is 6.92 Å². The Bertz CT molecular complexity index is 620. The van der Waals surface area contributed by atoms with E-state index in [2.05, 4.69) is 0 Å². The molecular weight excluding hydrogens is 251 g/mol. The molecule has 1 N–H and O–H groups in total. The Morgan fingerprint density at radius 3 is 2.31 bits per heavy atom. The molecule has 0 unspecified atom stereocenters. The van der Waals surface area contributed by atoms with E-state index in [1.54, 1.807) is 25.1 Å². The summed E-state index contributed by atoms with van der Waals surface area (Å²) >= 11 is 0. The van der Waals surface area contributed by atoms with Crippen LogP contribution in [-0.4, -0.2) is 64.4 Å². The molecule has 0 aliphatic rings. The molecule has 0 fully saturated rings. The van der Waals surface area contributed by atoms with Crippen molar-refractivity contribution >= 4 is 72.3 Å². The Morgan fingerprint density at radius 2 is 1.69 bits per heavy atom. The molecule has 0 aromatic heterocycles. The van der Waals surface area contributed by atoms with E-state index in [4.69, 9.17) is 4.55 Å². The molecule has 0 bridgehead atoms. The number of hydrogen-bond donors (Lipinski definition) is 1. The van der Waals surface area contributed by atoms with Gasteiger partial charge >= 0.3 is 51.4 Å². The van der Waals surface area contributed by atoms with Crippen LogP contribution >= 0.6 is 0 Å². The van der Waals surface area contributed by atoms with E-state index in [0.717, 1.165) is 5.39 Å². The standard InChI is InChI=1S/C11H10O3S.K.H/c1-8-6-7-9-4-2-3-5-10(9)11(8)15(12,13)14;;/h2-7H,1H3,(H,12,13,14);;. The first kappa shape index (κ1) is 14.3. The van der Waals surface area contributed by atoms with Crippen LogP contribution in [0.4, 0.5) is 0 Å². The van der Waals surface area contributed by atoms with Crippen molar-refractivity contribution in [2.24, 2.45) is 0 Å². The van der Waals surface area contributed by atoms with Gasteiger partial charge in [-0.2, -0.15) is 8.42 Å². The number of aryl methyl sites for hydroxylation is 1. The third-order valence-corrected chi connectivity index (χ3v) is 3.39. The van der Waals surface area contributed by atoms with Gasteiger partial charge in [-0.1, -0.05) is 36.4 Å². The molecule has 0 saturated heterocycles. The fourth-order valence-electron chi connectivity index (χ4n) is 1.69. The predicted molar refractivity (Wildman–Crippen MR) is 65.6 cm³/mol. The van der Waals surface area contributed by atoms with E-state index < -0.39 is 10.1 Å². The Morgan fingerprint density at radius 1 is 1.06 bits per heavy atom. The summed E-state index contributed by atoms with van der Waals surface area (Å²) in [4.78, 5) is 0.000556. The van der Waals surface area contributed by atoms with Crippen LogP contribution in [0.3, 0.4) is 0 Å². The van der Waals surface area contributed by atoms with E-state index in [9.17, 15) is 8.42 Å². The Kier molecular flexibility index (Phi) is 4.71. The summed E-state index contributed by atoms with van der Waals surface area (Å²) in [6.45, 7) is 1.66. The van der Waals surface area contributed by atoms with Crippen LogP contribution in [0.15, 0.2) is 41.3 Å². The van der Waals surface area contributed by atoms with E-state index in [1.165, 1.54) is 0 Å². The van der Waals surface area contributed by atoms with Crippen molar-refractivity contribution < 1.29 is 13.0 Å². The minimum atomic E-state index is -4.16. The molecule has 0 radical (unpaired) electrons. The van der Waals surface area contributed by atoms with Crippen LogP contribution in [0.5, 0.6) is 0 Å². The third-order valence-electron chi connectivity index (χ3n) is 2.33. The summed E-state index contributed by atoms with van der Waals surface area (Å²) in [5.74, 6) is 0. The fourth-order valence-corrected chi connectivity index (χ4v) is 2.63. The Labute approximate surface area is 137 Å². The zero-order valence-electron chi connectivity index (χ0n) is 8.14. The summed E-state index contributed by atoms with van der Waals surface area (Å²) in [5, 5.41) is 1.36. The zero-order chi connectivity index (χ0) is 11.1. The van der Waals surface area contributed by atoms with Crippen LogP contribution < -0.4 is 0 Å². The topological polar surface area (TPSA) is 54.4 Å². The Balaban J connectivity index is 0.00000128. The summed E-state index contributed by atoms with van der Waals surface area (Å²) in [6, 6.07) is 10.6. The summed E-state index contributed by atoms with van der Waals surface area (Å²) in [7, 11) is -4.16. The van der Waals surface area contributed by atoms with Gasteiger partial charge in [0.25, 0.3) is 10.1 Å². The molecule has 0 aliphatic carbocycles. The quantitative estimate of drug-likeness (QED) is 0.629. The molecule has 80 valence electrons. The molecule has 0 spiro atoms. The summed E-state index contributed by atoms with van der Waals surface area (Å²) in [6.07, 6.45) is 0. The maximum atomic E-state index is 11.2. The van der Waals surface area contributed by atoms with Crippen molar-refractivity contribution in [3.8, 4) is 0 Å². The number of rotatable bonds is 1. The van der Waals surface area contributed by atoms with Gasteiger partial charge in [0.05, 0.1) is 0 Å². The number of hydrogen-bond acceptors (Lipinski definition) is 2. The number of benzene rings is 2. The molecule has 5 heteroatoms. The van der Waals surface area contributed by atoms with Gasteiger partial charge in [0.1, 0.15) is 4.90 Å². The molecule has 0 saturated carbocycles. The van der Waals surface area contributed by atoms with E-state index >= 15 is 0 Å². The van der Waals surface area contributed by atoms with Crippen molar-refractivity contribution in [1.82, 2.24) is 0 Å². The van der Waals surface area contributed by atoms with Gasteiger partial charge in [-0.25, -0.2) is 0 Å². The maximum absolute atomic E-state index is 11.2. The molecule has 2 aromatic rings. The van der Waals surface area contributed by atoms with Crippen molar-refractivity contribution in [3.63, 3.8) is 0 Å². The summed E-state index contributed by atoms with van der Waals surface area (Å²) in [5.41, 5.74) is 0.552. The van der Waals surface area contributed by atoms with Gasteiger partial charge in [0.15, 0.2) is 0 Å². The average Bonchev–Trinajstić information content (AvgIpc) is 2.15. The Hall–Kier alpha value is 0.246. The van der Waals surface area contributed by atoms with Gasteiger partial charge < -0.3 is 0 Å². The predicted octanol–water partition coefficient (Wildman–Crippen LogP) is 1.75. The van der Waals surface area contributed by atoms with Crippen LogP contribution in [0.2, 0.25) is 0 Å². The van der Waals surface area contributed by atoms with Crippen molar-refractivity contribution in [2.45, 2.75) is 11.8 Å². The molecule has 2 aromatic carbocycles. The first-order valence-electron chi connectivity index (χ1n) is 4.46. The zero-order valence-corrected chi connectivity index (χ0v) is 8.95. The molecular formula is C11H11KO3S. The van der Waals surface area contributed by atoms with E-state index in [-0.39, 0.29) is 56.3 Å². The molecule has 0 heterocycles. The first-order chi connectivity index (χ1) is 7.00. The van der Waals surface area contributed by atoms with Crippen molar-refractivity contribution in [1.29, 1.82) is 0 Å². The average molecular weight is 262 g/mol. The molecule has 0 atom stereocenters. The normalized spacial score (nSPS) is 11.1. The van der Waals surface area contributed by atoms with E-state index in [1.807, 2.05) is 18.2 Å². The van der Waals surface area contributed by atoms with Gasteiger partial charge in [-0.3, -0.25) is 4.55 Å². The van der Waals surface area contributed by atoms with Gasteiger partial charge in [0.2, 0.25) is 0 Å². The second-order valence-electron chi connectivity index (χ2n) is 3.41. The number of fused-ring (bicyclic) bond motifs is 1. The first-order valence-corrected chi connectivity index (χ1v) is 5.90. The van der Waals surface area contributed by atoms with Gasteiger partial charge in [0, 0.05) is 5.39 Å². The fraction of sp³-hybridized carbons (Fsp3) is 0.0909. The molecule has 2 rings (SSSR count). The third kappa shape index (κ3) is 2.73. The molecule has 0 amide bonds. The van der Waals surface area contributed by atoms with Crippen molar-refractivity contribution in [3.05, 3.63) is 42.0 Å².